The Hall–Kier alpha value is -3.10. The molecule has 4 heterocycles. The molecule has 4 rings (SSSR count). The van der Waals surface area contributed by atoms with Gasteiger partial charge in [-0.1, -0.05) is 0 Å². The molecule has 152 valence electrons. The topological polar surface area (TPSA) is 53.7 Å². The van der Waals surface area contributed by atoms with Gasteiger partial charge in [-0.2, -0.15) is 13.2 Å². The zero-order chi connectivity index (χ0) is 20.6. The zero-order valence-corrected chi connectivity index (χ0v) is 15.9. The van der Waals surface area contributed by atoms with Crippen molar-refractivity contribution in [2.45, 2.75) is 19.5 Å². The Morgan fingerprint density at radius 1 is 1.10 bits per heavy atom. The van der Waals surface area contributed by atoms with Gasteiger partial charge in [0.05, 0.1) is 5.56 Å². The number of aromatic nitrogens is 3. The van der Waals surface area contributed by atoms with Crippen molar-refractivity contribution in [3.63, 3.8) is 0 Å². The van der Waals surface area contributed by atoms with Crippen LogP contribution in [0.2, 0.25) is 0 Å². The molecule has 0 aliphatic carbocycles. The summed E-state index contributed by atoms with van der Waals surface area (Å²) >= 11 is 0. The molecule has 6 nitrogen and oxygen atoms in total. The van der Waals surface area contributed by atoms with Crippen molar-refractivity contribution >= 4 is 17.4 Å². The van der Waals surface area contributed by atoms with Crippen molar-refractivity contribution in [1.82, 2.24) is 19.3 Å². The Balaban J connectivity index is 1.46. The van der Waals surface area contributed by atoms with Crippen LogP contribution in [0.3, 0.4) is 0 Å². The largest absolute Gasteiger partial charge is 0.417 e. The summed E-state index contributed by atoms with van der Waals surface area (Å²) in [5, 5.41) is 0. The second-order valence-corrected chi connectivity index (χ2v) is 7.13. The predicted octanol–water partition coefficient (Wildman–Crippen LogP) is 3.41. The number of carbonyl (C=O) groups excluding carboxylic acids is 1. The summed E-state index contributed by atoms with van der Waals surface area (Å²) in [7, 11) is 0. The second-order valence-electron chi connectivity index (χ2n) is 7.13. The normalized spacial score (nSPS) is 15.6. The van der Waals surface area contributed by atoms with E-state index in [0.29, 0.717) is 44.1 Å². The average molecular weight is 403 g/mol. The van der Waals surface area contributed by atoms with Gasteiger partial charge in [0.25, 0.3) is 5.91 Å². The van der Waals surface area contributed by atoms with Crippen LogP contribution in [-0.2, 0) is 6.18 Å². The van der Waals surface area contributed by atoms with E-state index in [1.165, 1.54) is 6.07 Å². The van der Waals surface area contributed by atoms with Gasteiger partial charge in [-0.15, -0.1) is 0 Å². The molecule has 1 amide bonds. The molecule has 0 radical (unpaired) electrons. The molecule has 3 aromatic heterocycles. The van der Waals surface area contributed by atoms with E-state index in [1.54, 1.807) is 11.1 Å². The van der Waals surface area contributed by atoms with Crippen LogP contribution in [0.15, 0.2) is 42.9 Å². The van der Waals surface area contributed by atoms with Crippen molar-refractivity contribution in [1.29, 1.82) is 0 Å². The lowest BCUT2D eigenvalue weighted by molar-refractivity contribution is -0.137. The van der Waals surface area contributed by atoms with Crippen LogP contribution in [0.4, 0.5) is 19.0 Å². The van der Waals surface area contributed by atoms with E-state index in [-0.39, 0.29) is 5.91 Å². The lowest BCUT2D eigenvalue weighted by Gasteiger charge is -2.22. The fourth-order valence-electron chi connectivity index (χ4n) is 3.44. The fraction of sp³-hybridized carbons (Fsp3) is 0.350. The van der Waals surface area contributed by atoms with Gasteiger partial charge >= 0.3 is 6.18 Å². The third-order valence-electron chi connectivity index (χ3n) is 5.02. The summed E-state index contributed by atoms with van der Waals surface area (Å²) in [5.41, 5.74) is 1.40. The first-order valence-electron chi connectivity index (χ1n) is 9.34. The van der Waals surface area contributed by atoms with E-state index in [2.05, 4.69) is 9.97 Å². The molecule has 0 saturated carbocycles. The summed E-state index contributed by atoms with van der Waals surface area (Å²) < 4.78 is 40.0. The summed E-state index contributed by atoms with van der Waals surface area (Å²) in [6, 6.07) is 6.28. The van der Waals surface area contributed by atoms with Crippen LogP contribution in [0.25, 0.3) is 5.65 Å². The highest BCUT2D eigenvalue weighted by atomic mass is 19.4. The first kappa shape index (κ1) is 19.2. The highest BCUT2D eigenvalue weighted by Gasteiger charge is 2.31. The van der Waals surface area contributed by atoms with Crippen LogP contribution < -0.4 is 4.90 Å². The predicted molar refractivity (Wildman–Crippen MR) is 102 cm³/mol. The third-order valence-corrected chi connectivity index (χ3v) is 5.02. The van der Waals surface area contributed by atoms with Crippen LogP contribution >= 0.6 is 0 Å². The van der Waals surface area contributed by atoms with E-state index in [9.17, 15) is 18.0 Å². The molecule has 1 saturated heterocycles. The molecule has 0 bridgehead atoms. The fourth-order valence-corrected chi connectivity index (χ4v) is 3.44. The number of hydrogen-bond acceptors (Lipinski definition) is 4. The van der Waals surface area contributed by atoms with Crippen LogP contribution in [0, 0.1) is 6.92 Å². The van der Waals surface area contributed by atoms with Gasteiger partial charge < -0.3 is 14.2 Å². The number of anilines is 1. The number of aryl methyl sites for hydroxylation is 1. The Labute approximate surface area is 165 Å². The molecule has 1 fully saturated rings. The van der Waals surface area contributed by atoms with Gasteiger partial charge in [-0.25, -0.2) is 9.97 Å². The molecule has 0 aromatic carbocycles. The van der Waals surface area contributed by atoms with Crippen molar-refractivity contribution in [3.05, 3.63) is 59.7 Å². The maximum Gasteiger partial charge on any atom is 0.417 e. The van der Waals surface area contributed by atoms with Gasteiger partial charge in [0.15, 0.2) is 0 Å². The number of nitrogens with zero attached hydrogens (tertiary/aromatic N) is 5. The summed E-state index contributed by atoms with van der Waals surface area (Å²) in [6.07, 6.45) is 0.731. The minimum atomic E-state index is -4.40. The van der Waals surface area contributed by atoms with E-state index in [4.69, 9.17) is 0 Å². The lowest BCUT2D eigenvalue weighted by Crippen LogP contribution is -2.35. The Morgan fingerprint density at radius 2 is 1.93 bits per heavy atom. The van der Waals surface area contributed by atoms with Crippen LogP contribution in [0.5, 0.6) is 0 Å². The lowest BCUT2D eigenvalue weighted by atomic mass is 10.2. The van der Waals surface area contributed by atoms with E-state index < -0.39 is 11.7 Å². The summed E-state index contributed by atoms with van der Waals surface area (Å²) in [4.78, 5) is 24.9. The molecule has 0 spiro atoms. The molecule has 1 aliphatic rings. The molecular weight excluding hydrogens is 383 g/mol. The Kier molecular flexibility index (Phi) is 4.89. The molecule has 29 heavy (non-hydrogen) atoms. The van der Waals surface area contributed by atoms with Gasteiger partial charge in [0, 0.05) is 44.8 Å². The molecule has 1 aliphatic heterocycles. The van der Waals surface area contributed by atoms with Crippen LogP contribution in [-0.4, -0.2) is 51.4 Å². The maximum absolute atomic E-state index is 12.9. The number of amides is 1. The van der Waals surface area contributed by atoms with Crippen molar-refractivity contribution in [2.75, 3.05) is 31.1 Å². The number of fused-ring (bicyclic) bond motifs is 1. The van der Waals surface area contributed by atoms with Gasteiger partial charge in [-0.3, -0.25) is 4.79 Å². The van der Waals surface area contributed by atoms with Crippen molar-refractivity contribution < 1.29 is 18.0 Å². The quantitative estimate of drug-likeness (QED) is 0.658. The van der Waals surface area contributed by atoms with E-state index >= 15 is 0 Å². The standard InChI is InChI=1S/C20H20F3N5O/c1-14-5-8-28-13-16(25-18(28)11-14)19(29)27-7-2-6-26(9-10-27)17-4-3-15(12-24-17)20(21,22)23/h3-5,8,11-13H,2,6-7,9-10H2,1H3. The van der Waals surface area contributed by atoms with E-state index in [0.717, 1.165) is 23.5 Å². The first-order chi connectivity index (χ1) is 13.8. The van der Waals surface area contributed by atoms with Crippen molar-refractivity contribution in [3.8, 4) is 0 Å². The number of rotatable bonds is 2. The number of carbonyl (C=O) groups is 1. The van der Waals surface area contributed by atoms with Crippen molar-refractivity contribution in [2.24, 2.45) is 0 Å². The molecular formula is C20H20F3N5O. The highest BCUT2D eigenvalue weighted by Crippen LogP contribution is 2.29. The average Bonchev–Trinajstić information content (AvgIpc) is 2.95. The summed E-state index contributed by atoms with van der Waals surface area (Å²) in [6.45, 7) is 4.09. The minimum absolute atomic E-state index is 0.145. The van der Waals surface area contributed by atoms with Gasteiger partial charge in [0.1, 0.15) is 17.2 Å². The smallest absolute Gasteiger partial charge is 0.355 e. The van der Waals surface area contributed by atoms with Crippen LogP contribution in [0.1, 0.15) is 28.0 Å². The SMILES string of the molecule is Cc1ccn2cc(C(=O)N3CCCN(c4ccc(C(F)(F)F)cn4)CC3)nc2c1. The highest BCUT2D eigenvalue weighted by molar-refractivity contribution is 5.93. The molecule has 0 atom stereocenters. The second kappa shape index (κ2) is 7.38. The number of alkyl halides is 3. The minimum Gasteiger partial charge on any atom is -0.355 e. The number of hydrogen-bond donors (Lipinski definition) is 0. The Bertz CT molecular complexity index is 1030. The zero-order valence-electron chi connectivity index (χ0n) is 15.9. The van der Waals surface area contributed by atoms with E-state index in [1.807, 2.05) is 34.6 Å². The third kappa shape index (κ3) is 4.03. The number of imidazole rings is 1. The first-order valence-corrected chi connectivity index (χ1v) is 9.34. The van der Waals surface area contributed by atoms with Gasteiger partial charge in [-0.05, 0) is 43.2 Å². The monoisotopic (exact) mass is 403 g/mol. The molecule has 9 heteroatoms. The number of halogens is 3. The molecule has 0 N–H and O–H groups in total. The molecule has 0 unspecified atom stereocenters. The summed E-state index contributed by atoms with van der Waals surface area (Å²) in [5.74, 6) is 0.337. The van der Waals surface area contributed by atoms with Gasteiger partial charge in [0.2, 0.25) is 0 Å². The molecule has 3 aromatic rings. The Morgan fingerprint density at radius 3 is 2.66 bits per heavy atom. The number of pyridine rings is 2. The maximum atomic E-state index is 12.9.